The number of benzene rings is 2. The molecule has 0 atom stereocenters. The lowest BCUT2D eigenvalue weighted by molar-refractivity contribution is 0.0958. The van der Waals surface area contributed by atoms with Crippen molar-refractivity contribution in [2.75, 3.05) is 44.2 Å². The fourth-order valence-electron chi connectivity index (χ4n) is 3.74. The van der Waals surface area contributed by atoms with Gasteiger partial charge in [0.05, 0.1) is 5.52 Å². The number of aromatic amines is 1. The molecule has 8 heteroatoms. The molecule has 1 amide bonds. The maximum Gasteiger partial charge on any atom is 0.417 e. The van der Waals surface area contributed by atoms with Crippen LogP contribution < -0.4 is 16.0 Å². The predicted octanol–water partition coefficient (Wildman–Crippen LogP) is 3.19. The van der Waals surface area contributed by atoms with E-state index in [2.05, 4.69) is 39.2 Å². The number of piperazine rings is 1. The lowest BCUT2D eigenvalue weighted by Crippen LogP contribution is -2.46. The largest absolute Gasteiger partial charge is 0.417 e. The Morgan fingerprint density at radius 2 is 1.97 bits per heavy atom. The van der Waals surface area contributed by atoms with Crippen molar-refractivity contribution >= 4 is 34.3 Å². The molecule has 7 nitrogen and oxygen atoms in total. The number of oxazole rings is 1. The average Bonchev–Trinajstić information content (AvgIpc) is 3.14. The van der Waals surface area contributed by atoms with Crippen LogP contribution in [0.3, 0.4) is 0 Å². The Kier molecular flexibility index (Phi) is 6.44. The maximum atomic E-state index is 12.3. The van der Waals surface area contributed by atoms with E-state index in [0.29, 0.717) is 23.2 Å². The van der Waals surface area contributed by atoms with E-state index in [1.54, 1.807) is 18.2 Å². The lowest BCUT2D eigenvalue weighted by atomic mass is 10.1. The Labute approximate surface area is 185 Å². The number of nitrogens with zero attached hydrogens (tertiary/aromatic N) is 2. The normalized spacial score (nSPS) is 15.1. The van der Waals surface area contributed by atoms with E-state index >= 15 is 0 Å². The average molecular weight is 441 g/mol. The molecule has 3 aromatic rings. The highest BCUT2D eigenvalue weighted by Gasteiger charge is 2.17. The third kappa shape index (κ3) is 5.18. The van der Waals surface area contributed by atoms with Crippen LogP contribution in [-0.4, -0.2) is 55.1 Å². The van der Waals surface area contributed by atoms with Gasteiger partial charge in [-0.3, -0.25) is 14.7 Å². The molecule has 0 spiro atoms. The smallest absolute Gasteiger partial charge is 0.408 e. The molecule has 0 saturated carbocycles. The van der Waals surface area contributed by atoms with Crippen LogP contribution in [-0.2, 0) is 0 Å². The van der Waals surface area contributed by atoms with Crippen LogP contribution in [0.25, 0.3) is 11.1 Å². The Hall–Kier alpha value is -3.03. The molecule has 1 aliphatic rings. The summed E-state index contributed by atoms with van der Waals surface area (Å²) in [4.78, 5) is 30.8. The summed E-state index contributed by atoms with van der Waals surface area (Å²) >= 11 is 6.16. The molecular weight excluding hydrogens is 416 g/mol. The summed E-state index contributed by atoms with van der Waals surface area (Å²) < 4.78 is 5.00. The summed E-state index contributed by atoms with van der Waals surface area (Å²) in [7, 11) is 0. The molecule has 1 fully saturated rings. The van der Waals surface area contributed by atoms with Crippen LogP contribution in [0.15, 0.2) is 57.8 Å². The van der Waals surface area contributed by atoms with Crippen LogP contribution in [0.1, 0.15) is 15.9 Å². The van der Waals surface area contributed by atoms with E-state index in [-0.39, 0.29) is 5.91 Å². The second kappa shape index (κ2) is 9.41. The van der Waals surface area contributed by atoms with Gasteiger partial charge in [0.15, 0.2) is 5.58 Å². The minimum Gasteiger partial charge on any atom is -0.408 e. The molecular formula is C23H25ClN4O3. The number of carbonyl (C=O) groups excluding carboxylic acids is 1. The van der Waals surface area contributed by atoms with Gasteiger partial charge in [0, 0.05) is 55.5 Å². The third-order valence-corrected chi connectivity index (χ3v) is 5.71. The van der Waals surface area contributed by atoms with Gasteiger partial charge in [-0.1, -0.05) is 29.8 Å². The number of aryl methyl sites for hydroxylation is 1. The van der Waals surface area contributed by atoms with Gasteiger partial charge in [0.2, 0.25) is 0 Å². The summed E-state index contributed by atoms with van der Waals surface area (Å²) in [5.74, 6) is -0.736. The van der Waals surface area contributed by atoms with Crippen LogP contribution >= 0.6 is 11.6 Å². The van der Waals surface area contributed by atoms with E-state index in [9.17, 15) is 9.59 Å². The van der Waals surface area contributed by atoms with Crippen molar-refractivity contribution < 1.29 is 9.21 Å². The molecule has 1 aliphatic heterocycles. The molecule has 2 aromatic carbocycles. The fourth-order valence-corrected chi connectivity index (χ4v) is 3.91. The Bertz CT molecular complexity index is 1160. The highest BCUT2D eigenvalue weighted by molar-refractivity contribution is 6.30. The molecule has 162 valence electrons. The van der Waals surface area contributed by atoms with Gasteiger partial charge in [-0.2, -0.15) is 0 Å². The standard InChI is InChI=1S/C23H25ClN4O3/c1-16-4-6-18(24)15-20(16)28-12-10-27(11-13-28)9-3-2-8-25-22(29)17-5-7-19-21(14-17)31-23(30)26-19/h2-7,14-15H,8-13H2,1H3,(H,25,29)(H,26,30)/b3-2+. The third-order valence-electron chi connectivity index (χ3n) is 5.48. The zero-order chi connectivity index (χ0) is 21.8. The fraction of sp³-hybridized carbons (Fsp3) is 0.304. The first-order valence-electron chi connectivity index (χ1n) is 10.3. The zero-order valence-corrected chi connectivity index (χ0v) is 18.1. The number of H-pyrrole nitrogens is 1. The van der Waals surface area contributed by atoms with Crippen molar-refractivity contribution in [3.8, 4) is 0 Å². The number of hydrogen-bond donors (Lipinski definition) is 2. The molecule has 0 radical (unpaired) electrons. The van der Waals surface area contributed by atoms with E-state index in [1.165, 1.54) is 11.3 Å². The van der Waals surface area contributed by atoms with Gasteiger partial charge in [0.25, 0.3) is 5.91 Å². The second-order valence-electron chi connectivity index (χ2n) is 7.63. The van der Waals surface area contributed by atoms with Gasteiger partial charge in [0.1, 0.15) is 0 Å². The monoisotopic (exact) mass is 440 g/mol. The van der Waals surface area contributed by atoms with Gasteiger partial charge in [-0.15, -0.1) is 0 Å². The minimum absolute atomic E-state index is 0.207. The van der Waals surface area contributed by atoms with E-state index < -0.39 is 5.76 Å². The van der Waals surface area contributed by atoms with Crippen molar-refractivity contribution in [3.05, 3.63) is 75.3 Å². The number of hydrogen-bond acceptors (Lipinski definition) is 5. The van der Waals surface area contributed by atoms with Gasteiger partial charge in [-0.05, 0) is 42.8 Å². The summed E-state index contributed by atoms with van der Waals surface area (Å²) in [5.41, 5.74) is 3.86. The Balaban J connectivity index is 1.21. The SMILES string of the molecule is Cc1ccc(Cl)cc1N1CCN(C/C=C/CNC(=O)c2ccc3[nH]c(=O)oc3c2)CC1. The lowest BCUT2D eigenvalue weighted by Gasteiger charge is -2.36. The van der Waals surface area contributed by atoms with Gasteiger partial charge >= 0.3 is 5.76 Å². The van der Waals surface area contributed by atoms with E-state index in [1.807, 2.05) is 18.2 Å². The Morgan fingerprint density at radius 1 is 1.16 bits per heavy atom. The molecule has 4 rings (SSSR count). The quantitative estimate of drug-likeness (QED) is 0.575. The van der Waals surface area contributed by atoms with Crippen LogP contribution in [0.4, 0.5) is 5.69 Å². The molecule has 2 N–H and O–H groups in total. The minimum atomic E-state index is -0.529. The molecule has 0 aliphatic carbocycles. The zero-order valence-electron chi connectivity index (χ0n) is 17.4. The van der Waals surface area contributed by atoms with Crippen LogP contribution in [0.2, 0.25) is 5.02 Å². The first-order valence-corrected chi connectivity index (χ1v) is 10.7. The van der Waals surface area contributed by atoms with Crippen molar-refractivity contribution in [1.82, 2.24) is 15.2 Å². The Morgan fingerprint density at radius 3 is 2.77 bits per heavy atom. The number of amides is 1. The number of carbonyl (C=O) groups is 1. The number of nitrogens with one attached hydrogen (secondary N) is 2. The number of fused-ring (bicyclic) bond motifs is 1. The summed E-state index contributed by atoms with van der Waals surface area (Å²) in [6.45, 7) is 7.28. The highest BCUT2D eigenvalue weighted by Crippen LogP contribution is 2.25. The topological polar surface area (TPSA) is 81.6 Å². The summed E-state index contributed by atoms with van der Waals surface area (Å²) in [6.07, 6.45) is 4.04. The van der Waals surface area contributed by atoms with Gasteiger partial charge in [-0.25, -0.2) is 4.79 Å². The van der Waals surface area contributed by atoms with Crippen LogP contribution in [0, 0.1) is 6.92 Å². The molecule has 0 unspecified atom stereocenters. The molecule has 0 bridgehead atoms. The molecule has 1 saturated heterocycles. The van der Waals surface area contributed by atoms with Crippen molar-refractivity contribution in [3.63, 3.8) is 0 Å². The number of halogens is 1. The highest BCUT2D eigenvalue weighted by atomic mass is 35.5. The molecule has 31 heavy (non-hydrogen) atoms. The first kappa shape index (κ1) is 21.2. The van der Waals surface area contributed by atoms with Crippen molar-refractivity contribution in [2.24, 2.45) is 0 Å². The van der Waals surface area contributed by atoms with Gasteiger partial charge < -0.3 is 14.6 Å². The summed E-state index contributed by atoms with van der Waals surface area (Å²) in [5, 5.41) is 3.62. The molecule has 2 heterocycles. The number of aromatic nitrogens is 1. The van der Waals surface area contributed by atoms with E-state index in [0.717, 1.165) is 37.7 Å². The van der Waals surface area contributed by atoms with E-state index in [4.69, 9.17) is 16.0 Å². The maximum absolute atomic E-state index is 12.3. The van der Waals surface area contributed by atoms with Crippen LogP contribution in [0.5, 0.6) is 0 Å². The van der Waals surface area contributed by atoms with Crippen molar-refractivity contribution in [2.45, 2.75) is 6.92 Å². The first-order chi connectivity index (χ1) is 15.0. The second-order valence-corrected chi connectivity index (χ2v) is 8.06. The predicted molar refractivity (Wildman–Crippen MR) is 123 cm³/mol. The van der Waals surface area contributed by atoms with Crippen molar-refractivity contribution in [1.29, 1.82) is 0 Å². The molecule has 1 aromatic heterocycles. The number of anilines is 1. The summed E-state index contributed by atoms with van der Waals surface area (Å²) in [6, 6.07) is 10.9. The number of rotatable bonds is 6.